The number of aromatic nitrogens is 2. The van der Waals surface area contributed by atoms with E-state index in [1.807, 2.05) is 7.05 Å². The van der Waals surface area contributed by atoms with E-state index in [1.165, 1.54) is 11.1 Å². The first-order valence-corrected chi connectivity index (χ1v) is 5.81. The van der Waals surface area contributed by atoms with Gasteiger partial charge in [0.2, 0.25) is 0 Å². The van der Waals surface area contributed by atoms with Crippen LogP contribution in [0.2, 0.25) is 0 Å². The van der Waals surface area contributed by atoms with Crippen LogP contribution in [0.25, 0.3) is 11.0 Å². The number of imidazole rings is 1. The average Bonchev–Trinajstić information content (AvgIpc) is 2.61. The number of aryl methyl sites for hydroxylation is 3. The molecule has 86 valence electrons. The Labute approximate surface area is 96.3 Å². The molecule has 0 saturated carbocycles. The molecule has 0 radical (unpaired) electrons. The number of rotatable bonds is 4. The van der Waals surface area contributed by atoms with E-state index in [0.717, 1.165) is 36.2 Å². The van der Waals surface area contributed by atoms with Crippen LogP contribution in [0.4, 0.5) is 0 Å². The van der Waals surface area contributed by atoms with Crippen molar-refractivity contribution in [2.24, 2.45) is 0 Å². The lowest BCUT2D eigenvalue weighted by atomic mass is 10.1. The third-order valence-electron chi connectivity index (χ3n) is 2.99. The van der Waals surface area contributed by atoms with Gasteiger partial charge >= 0.3 is 0 Å². The van der Waals surface area contributed by atoms with E-state index >= 15 is 0 Å². The quantitative estimate of drug-likeness (QED) is 0.772. The lowest BCUT2D eigenvalue weighted by molar-refractivity contribution is 0.709. The molecule has 0 atom stereocenters. The molecule has 3 nitrogen and oxygen atoms in total. The van der Waals surface area contributed by atoms with Crippen LogP contribution in [0.3, 0.4) is 0 Å². The molecule has 2 aromatic rings. The summed E-state index contributed by atoms with van der Waals surface area (Å²) < 4.78 is 0. The van der Waals surface area contributed by atoms with Gasteiger partial charge < -0.3 is 10.3 Å². The predicted molar refractivity (Wildman–Crippen MR) is 67.8 cm³/mol. The molecular formula is C13H19N3. The number of hydrogen-bond acceptors (Lipinski definition) is 2. The summed E-state index contributed by atoms with van der Waals surface area (Å²) in [5.74, 6) is 1.09. The van der Waals surface area contributed by atoms with Crippen LogP contribution in [-0.4, -0.2) is 23.6 Å². The largest absolute Gasteiger partial charge is 0.342 e. The molecule has 0 fully saturated rings. The van der Waals surface area contributed by atoms with Gasteiger partial charge in [-0.2, -0.15) is 0 Å². The van der Waals surface area contributed by atoms with Crippen molar-refractivity contribution in [1.29, 1.82) is 0 Å². The molecule has 0 aliphatic heterocycles. The van der Waals surface area contributed by atoms with Crippen molar-refractivity contribution in [3.05, 3.63) is 29.1 Å². The first-order chi connectivity index (χ1) is 7.70. The Bertz CT molecular complexity index is 446. The Hall–Kier alpha value is -1.35. The zero-order chi connectivity index (χ0) is 11.5. The molecule has 0 spiro atoms. The molecule has 0 aliphatic carbocycles. The Morgan fingerprint density at radius 3 is 2.75 bits per heavy atom. The third kappa shape index (κ3) is 2.25. The minimum atomic E-state index is 1.01. The van der Waals surface area contributed by atoms with E-state index in [1.54, 1.807) is 0 Å². The van der Waals surface area contributed by atoms with Crippen LogP contribution in [-0.2, 0) is 6.42 Å². The van der Waals surface area contributed by atoms with Gasteiger partial charge in [-0.05, 0) is 57.1 Å². The molecule has 0 bridgehead atoms. The number of nitrogens with zero attached hydrogens (tertiary/aromatic N) is 1. The molecule has 1 aromatic heterocycles. The van der Waals surface area contributed by atoms with Crippen molar-refractivity contribution >= 4 is 11.0 Å². The van der Waals surface area contributed by atoms with Gasteiger partial charge in [0.25, 0.3) is 0 Å². The van der Waals surface area contributed by atoms with Gasteiger partial charge in [-0.15, -0.1) is 0 Å². The van der Waals surface area contributed by atoms with E-state index in [9.17, 15) is 0 Å². The van der Waals surface area contributed by atoms with Gasteiger partial charge in [-0.25, -0.2) is 4.98 Å². The molecule has 0 saturated heterocycles. The average molecular weight is 217 g/mol. The highest BCUT2D eigenvalue weighted by Crippen LogP contribution is 2.17. The van der Waals surface area contributed by atoms with Gasteiger partial charge in [0, 0.05) is 6.42 Å². The second kappa shape index (κ2) is 4.66. The monoisotopic (exact) mass is 217 g/mol. The van der Waals surface area contributed by atoms with Crippen molar-refractivity contribution in [2.45, 2.75) is 26.7 Å². The van der Waals surface area contributed by atoms with Crippen LogP contribution < -0.4 is 5.32 Å². The van der Waals surface area contributed by atoms with E-state index in [2.05, 4.69) is 41.3 Å². The zero-order valence-electron chi connectivity index (χ0n) is 10.2. The summed E-state index contributed by atoms with van der Waals surface area (Å²) >= 11 is 0. The first-order valence-electron chi connectivity index (χ1n) is 5.81. The molecule has 0 unspecified atom stereocenters. The molecule has 1 aromatic carbocycles. The maximum Gasteiger partial charge on any atom is 0.107 e. The highest BCUT2D eigenvalue weighted by molar-refractivity contribution is 5.77. The van der Waals surface area contributed by atoms with Crippen molar-refractivity contribution in [3.63, 3.8) is 0 Å². The van der Waals surface area contributed by atoms with Gasteiger partial charge in [0.15, 0.2) is 0 Å². The topological polar surface area (TPSA) is 40.7 Å². The first kappa shape index (κ1) is 11.1. The second-order valence-corrected chi connectivity index (χ2v) is 4.34. The summed E-state index contributed by atoms with van der Waals surface area (Å²) in [6.07, 6.45) is 2.13. The highest BCUT2D eigenvalue weighted by Gasteiger charge is 2.04. The summed E-state index contributed by atoms with van der Waals surface area (Å²) in [5.41, 5.74) is 4.86. The van der Waals surface area contributed by atoms with Gasteiger partial charge in [0.1, 0.15) is 5.82 Å². The third-order valence-corrected chi connectivity index (χ3v) is 2.99. The summed E-state index contributed by atoms with van der Waals surface area (Å²) in [7, 11) is 1.98. The second-order valence-electron chi connectivity index (χ2n) is 4.34. The number of nitrogens with one attached hydrogen (secondary N) is 2. The van der Waals surface area contributed by atoms with Gasteiger partial charge in [-0.3, -0.25) is 0 Å². The van der Waals surface area contributed by atoms with Gasteiger partial charge in [-0.1, -0.05) is 0 Å². The fraction of sp³-hybridized carbons (Fsp3) is 0.462. The molecule has 0 amide bonds. The summed E-state index contributed by atoms with van der Waals surface area (Å²) in [4.78, 5) is 7.99. The van der Waals surface area contributed by atoms with Crippen LogP contribution in [0.15, 0.2) is 12.1 Å². The maximum absolute atomic E-state index is 4.60. The lowest BCUT2D eigenvalue weighted by Crippen LogP contribution is -2.08. The molecule has 1 heterocycles. The number of hydrogen-bond donors (Lipinski definition) is 2. The predicted octanol–water partition coefficient (Wildman–Crippen LogP) is 2.33. The minimum Gasteiger partial charge on any atom is -0.342 e. The molecular weight excluding hydrogens is 198 g/mol. The Balaban J connectivity index is 2.23. The minimum absolute atomic E-state index is 1.01. The Morgan fingerprint density at radius 1 is 1.25 bits per heavy atom. The van der Waals surface area contributed by atoms with E-state index in [-0.39, 0.29) is 0 Å². The molecule has 2 rings (SSSR count). The van der Waals surface area contributed by atoms with E-state index < -0.39 is 0 Å². The lowest BCUT2D eigenvalue weighted by Gasteiger charge is -1.97. The zero-order valence-corrected chi connectivity index (χ0v) is 10.2. The molecule has 2 N–H and O–H groups in total. The fourth-order valence-corrected chi connectivity index (χ4v) is 1.87. The van der Waals surface area contributed by atoms with Crippen LogP contribution >= 0.6 is 0 Å². The number of H-pyrrole nitrogens is 1. The smallest absolute Gasteiger partial charge is 0.107 e. The molecule has 3 heteroatoms. The number of fused-ring (bicyclic) bond motifs is 1. The SMILES string of the molecule is CNCCCc1nc2cc(C)c(C)cc2[nH]1. The summed E-state index contributed by atoms with van der Waals surface area (Å²) in [6, 6.07) is 4.34. The molecule has 16 heavy (non-hydrogen) atoms. The van der Waals surface area contributed by atoms with E-state index in [4.69, 9.17) is 0 Å². The van der Waals surface area contributed by atoms with Crippen LogP contribution in [0, 0.1) is 13.8 Å². The number of aromatic amines is 1. The summed E-state index contributed by atoms with van der Waals surface area (Å²) in [5, 5.41) is 3.15. The normalized spacial score (nSPS) is 11.2. The van der Waals surface area contributed by atoms with E-state index in [0.29, 0.717) is 0 Å². The summed E-state index contributed by atoms with van der Waals surface area (Å²) in [6.45, 7) is 5.30. The van der Waals surface area contributed by atoms with Crippen molar-refractivity contribution in [3.8, 4) is 0 Å². The standard InChI is InChI=1S/C13H19N3/c1-9-7-11-12(8-10(9)2)16-13(15-11)5-4-6-14-3/h7-8,14H,4-6H2,1-3H3,(H,15,16). The fourth-order valence-electron chi connectivity index (χ4n) is 1.87. The Kier molecular flexibility index (Phi) is 3.25. The van der Waals surface area contributed by atoms with Crippen molar-refractivity contribution in [2.75, 3.05) is 13.6 Å². The maximum atomic E-state index is 4.60. The number of benzene rings is 1. The van der Waals surface area contributed by atoms with Crippen molar-refractivity contribution < 1.29 is 0 Å². The van der Waals surface area contributed by atoms with Crippen molar-refractivity contribution in [1.82, 2.24) is 15.3 Å². The molecule has 0 aliphatic rings. The van der Waals surface area contributed by atoms with Crippen LogP contribution in [0.5, 0.6) is 0 Å². The Morgan fingerprint density at radius 2 is 2.00 bits per heavy atom. The van der Waals surface area contributed by atoms with Gasteiger partial charge in [0.05, 0.1) is 11.0 Å². The van der Waals surface area contributed by atoms with Crippen LogP contribution in [0.1, 0.15) is 23.4 Å². The highest BCUT2D eigenvalue weighted by atomic mass is 14.9.